The van der Waals surface area contributed by atoms with Gasteiger partial charge in [-0.1, -0.05) is 0 Å². The van der Waals surface area contributed by atoms with E-state index in [0.29, 0.717) is 23.7 Å². The predicted octanol–water partition coefficient (Wildman–Crippen LogP) is 1.64. The van der Waals surface area contributed by atoms with Crippen LogP contribution in [0.2, 0.25) is 0 Å². The first-order valence-electron chi connectivity index (χ1n) is 6.20. The van der Waals surface area contributed by atoms with Gasteiger partial charge in [-0.2, -0.15) is 5.26 Å². The molecule has 0 heterocycles. The molecule has 1 unspecified atom stereocenters. The van der Waals surface area contributed by atoms with Crippen molar-refractivity contribution < 1.29 is 4.92 Å². The number of hydrogen-bond donors (Lipinski definition) is 1. The zero-order chi connectivity index (χ0) is 14.0. The Morgan fingerprint density at radius 1 is 1.63 bits per heavy atom. The van der Waals surface area contributed by atoms with Crippen LogP contribution in [0.25, 0.3) is 0 Å². The number of nitrogens with zero attached hydrogens (tertiary/aromatic N) is 3. The SMILES string of the molecule is CN(c1ccc([N+](=O)[O-])cc1C#N)C(CN)C1CC1. The molecule has 1 aromatic carbocycles. The second-order valence-electron chi connectivity index (χ2n) is 4.82. The minimum Gasteiger partial charge on any atom is -0.369 e. The lowest BCUT2D eigenvalue weighted by Gasteiger charge is -2.29. The van der Waals surface area contributed by atoms with Crippen molar-refractivity contribution in [2.75, 3.05) is 18.5 Å². The Bertz CT molecular complexity index is 534. The lowest BCUT2D eigenvalue weighted by molar-refractivity contribution is -0.384. The Labute approximate surface area is 111 Å². The minimum absolute atomic E-state index is 0.0654. The van der Waals surface area contributed by atoms with Crippen LogP contribution in [0, 0.1) is 27.4 Å². The van der Waals surface area contributed by atoms with E-state index >= 15 is 0 Å². The zero-order valence-electron chi connectivity index (χ0n) is 10.7. The van der Waals surface area contributed by atoms with E-state index in [4.69, 9.17) is 11.0 Å². The van der Waals surface area contributed by atoms with Crippen molar-refractivity contribution in [2.45, 2.75) is 18.9 Å². The van der Waals surface area contributed by atoms with Crippen molar-refractivity contribution in [2.24, 2.45) is 11.7 Å². The van der Waals surface area contributed by atoms with E-state index in [9.17, 15) is 10.1 Å². The van der Waals surface area contributed by atoms with Crippen LogP contribution >= 0.6 is 0 Å². The molecule has 6 heteroatoms. The summed E-state index contributed by atoms with van der Waals surface area (Å²) in [4.78, 5) is 12.2. The number of nitro benzene ring substituents is 1. The van der Waals surface area contributed by atoms with Crippen molar-refractivity contribution in [3.63, 3.8) is 0 Å². The fraction of sp³-hybridized carbons (Fsp3) is 0.462. The predicted molar refractivity (Wildman–Crippen MR) is 71.8 cm³/mol. The van der Waals surface area contributed by atoms with Gasteiger partial charge in [-0.3, -0.25) is 10.1 Å². The molecule has 1 aliphatic carbocycles. The van der Waals surface area contributed by atoms with Gasteiger partial charge in [-0.05, 0) is 24.8 Å². The van der Waals surface area contributed by atoms with Crippen molar-refractivity contribution >= 4 is 11.4 Å². The average Bonchev–Trinajstić information content (AvgIpc) is 3.23. The molecule has 0 spiro atoms. The summed E-state index contributed by atoms with van der Waals surface area (Å²) in [7, 11) is 1.89. The number of rotatable bonds is 5. The van der Waals surface area contributed by atoms with Crippen molar-refractivity contribution in [1.29, 1.82) is 5.26 Å². The van der Waals surface area contributed by atoms with Gasteiger partial charge in [0.2, 0.25) is 0 Å². The Morgan fingerprint density at radius 2 is 2.32 bits per heavy atom. The smallest absolute Gasteiger partial charge is 0.270 e. The summed E-state index contributed by atoms with van der Waals surface area (Å²) in [5, 5.41) is 19.9. The van der Waals surface area contributed by atoms with Gasteiger partial charge in [0, 0.05) is 31.8 Å². The Hall–Kier alpha value is -2.13. The Kier molecular flexibility index (Phi) is 3.67. The van der Waals surface area contributed by atoms with E-state index in [1.54, 1.807) is 6.07 Å². The molecule has 0 amide bonds. The van der Waals surface area contributed by atoms with Crippen LogP contribution in [0.3, 0.4) is 0 Å². The van der Waals surface area contributed by atoms with E-state index in [1.807, 2.05) is 18.0 Å². The third kappa shape index (κ3) is 2.66. The first-order chi connectivity index (χ1) is 9.08. The number of likely N-dealkylation sites (N-methyl/N-ethyl adjacent to an activating group) is 1. The van der Waals surface area contributed by atoms with Gasteiger partial charge in [0.05, 0.1) is 16.2 Å². The van der Waals surface area contributed by atoms with Crippen LogP contribution in [0.5, 0.6) is 0 Å². The molecular formula is C13H16N4O2. The maximum atomic E-state index is 10.7. The standard InChI is InChI=1S/C13H16N4O2/c1-16(13(8-15)9-2-3-9)12-5-4-11(17(18)19)6-10(12)7-14/h4-6,9,13H,2-3,8,15H2,1H3. The lowest BCUT2D eigenvalue weighted by Crippen LogP contribution is -2.40. The second kappa shape index (κ2) is 5.24. The first-order valence-corrected chi connectivity index (χ1v) is 6.20. The third-order valence-corrected chi connectivity index (χ3v) is 3.60. The Morgan fingerprint density at radius 3 is 2.79 bits per heavy atom. The zero-order valence-corrected chi connectivity index (χ0v) is 10.7. The first kappa shape index (κ1) is 13.3. The highest BCUT2D eigenvalue weighted by Crippen LogP contribution is 2.37. The van der Waals surface area contributed by atoms with Crippen LogP contribution in [0.4, 0.5) is 11.4 Å². The normalized spacial score (nSPS) is 15.6. The molecule has 1 aliphatic rings. The average molecular weight is 260 g/mol. The quantitative estimate of drug-likeness (QED) is 0.641. The highest BCUT2D eigenvalue weighted by Gasteiger charge is 2.33. The van der Waals surface area contributed by atoms with Gasteiger partial charge in [-0.25, -0.2) is 0 Å². The van der Waals surface area contributed by atoms with Crippen molar-refractivity contribution in [1.82, 2.24) is 0 Å². The summed E-state index contributed by atoms with van der Waals surface area (Å²) in [6, 6.07) is 6.57. The van der Waals surface area contributed by atoms with E-state index < -0.39 is 4.92 Å². The minimum atomic E-state index is -0.494. The largest absolute Gasteiger partial charge is 0.369 e. The molecule has 1 aromatic rings. The Balaban J connectivity index is 2.33. The molecule has 0 bridgehead atoms. The number of nitrogens with two attached hydrogens (primary N) is 1. The summed E-state index contributed by atoms with van der Waals surface area (Å²) in [5.74, 6) is 0.566. The van der Waals surface area contributed by atoms with Crippen LogP contribution in [0.1, 0.15) is 18.4 Å². The fourth-order valence-corrected chi connectivity index (χ4v) is 2.36. The van der Waals surface area contributed by atoms with Gasteiger partial charge in [0.1, 0.15) is 6.07 Å². The molecule has 2 rings (SSSR count). The second-order valence-corrected chi connectivity index (χ2v) is 4.82. The lowest BCUT2D eigenvalue weighted by atomic mass is 10.1. The van der Waals surface area contributed by atoms with Gasteiger partial charge < -0.3 is 10.6 Å². The summed E-state index contributed by atoms with van der Waals surface area (Å²) in [6.07, 6.45) is 2.31. The number of nitriles is 1. The van der Waals surface area contributed by atoms with E-state index in [-0.39, 0.29) is 11.7 Å². The van der Waals surface area contributed by atoms with Crippen molar-refractivity contribution in [3.05, 3.63) is 33.9 Å². The number of anilines is 1. The number of hydrogen-bond acceptors (Lipinski definition) is 5. The van der Waals surface area contributed by atoms with Crippen LogP contribution in [-0.4, -0.2) is 24.6 Å². The van der Waals surface area contributed by atoms with E-state index in [1.165, 1.54) is 12.1 Å². The van der Waals surface area contributed by atoms with Gasteiger partial charge in [0.15, 0.2) is 0 Å². The number of benzene rings is 1. The van der Waals surface area contributed by atoms with E-state index in [2.05, 4.69) is 0 Å². The van der Waals surface area contributed by atoms with Gasteiger partial charge in [0.25, 0.3) is 5.69 Å². The molecule has 6 nitrogen and oxygen atoms in total. The molecule has 0 radical (unpaired) electrons. The van der Waals surface area contributed by atoms with E-state index in [0.717, 1.165) is 12.8 Å². The highest BCUT2D eigenvalue weighted by atomic mass is 16.6. The van der Waals surface area contributed by atoms with Crippen LogP contribution in [0.15, 0.2) is 18.2 Å². The molecule has 100 valence electrons. The maximum absolute atomic E-state index is 10.7. The van der Waals surface area contributed by atoms with Crippen molar-refractivity contribution in [3.8, 4) is 6.07 Å². The molecule has 1 fully saturated rings. The molecule has 0 aromatic heterocycles. The number of non-ortho nitro benzene ring substituents is 1. The van der Waals surface area contributed by atoms with Crippen LogP contribution in [-0.2, 0) is 0 Å². The summed E-state index contributed by atoms with van der Waals surface area (Å²) in [6.45, 7) is 0.517. The van der Waals surface area contributed by atoms with Crippen LogP contribution < -0.4 is 10.6 Å². The highest BCUT2D eigenvalue weighted by molar-refractivity contribution is 5.63. The molecule has 0 aliphatic heterocycles. The van der Waals surface area contributed by atoms with Gasteiger partial charge >= 0.3 is 0 Å². The molecule has 0 saturated heterocycles. The monoisotopic (exact) mass is 260 g/mol. The number of nitro groups is 1. The van der Waals surface area contributed by atoms with Gasteiger partial charge in [-0.15, -0.1) is 0 Å². The fourth-order valence-electron chi connectivity index (χ4n) is 2.36. The summed E-state index contributed by atoms with van der Waals surface area (Å²) >= 11 is 0. The molecule has 1 saturated carbocycles. The summed E-state index contributed by atoms with van der Waals surface area (Å²) in [5.41, 5.74) is 6.74. The molecule has 19 heavy (non-hydrogen) atoms. The topological polar surface area (TPSA) is 96.2 Å². The summed E-state index contributed by atoms with van der Waals surface area (Å²) < 4.78 is 0. The molecule has 1 atom stereocenters. The third-order valence-electron chi connectivity index (χ3n) is 3.60. The molecule has 2 N–H and O–H groups in total. The maximum Gasteiger partial charge on any atom is 0.270 e. The molecular weight excluding hydrogens is 244 g/mol.